The van der Waals surface area contributed by atoms with Gasteiger partial charge in [-0.2, -0.15) is 0 Å². The van der Waals surface area contributed by atoms with Crippen molar-refractivity contribution < 1.29 is 9.47 Å². The molecule has 22 heavy (non-hydrogen) atoms. The molecule has 0 heterocycles. The van der Waals surface area contributed by atoms with Crippen LogP contribution in [0.15, 0.2) is 84.9 Å². The molecule has 3 rings (SSSR count). The van der Waals surface area contributed by atoms with E-state index >= 15 is 0 Å². The predicted octanol–water partition coefficient (Wildman–Crippen LogP) is 5.10. The van der Waals surface area contributed by atoms with Gasteiger partial charge in [0, 0.05) is 6.42 Å². The molecule has 0 aliphatic carbocycles. The van der Waals surface area contributed by atoms with Gasteiger partial charge in [0.15, 0.2) is 0 Å². The topological polar surface area (TPSA) is 18.5 Å². The summed E-state index contributed by atoms with van der Waals surface area (Å²) in [5.74, 6) is 2.50. The highest BCUT2D eigenvalue weighted by atomic mass is 16.5. The minimum atomic E-state index is 0.670. The Balaban J connectivity index is 1.51. The van der Waals surface area contributed by atoms with Crippen molar-refractivity contribution in [1.82, 2.24) is 0 Å². The lowest BCUT2D eigenvalue weighted by Crippen LogP contribution is -2.00. The van der Waals surface area contributed by atoms with Crippen molar-refractivity contribution in [3.05, 3.63) is 90.5 Å². The first-order valence-corrected chi connectivity index (χ1v) is 7.40. The Morgan fingerprint density at radius 1 is 0.545 bits per heavy atom. The Morgan fingerprint density at radius 2 is 1.09 bits per heavy atom. The summed E-state index contributed by atoms with van der Waals surface area (Å²) in [6.45, 7) is 0.670. The van der Waals surface area contributed by atoms with Crippen molar-refractivity contribution >= 4 is 0 Å². The van der Waals surface area contributed by atoms with Gasteiger partial charge < -0.3 is 9.47 Å². The average molecular weight is 290 g/mol. The highest BCUT2D eigenvalue weighted by Gasteiger charge is 1.99. The van der Waals surface area contributed by atoms with Crippen molar-refractivity contribution in [2.24, 2.45) is 0 Å². The third-order valence-corrected chi connectivity index (χ3v) is 3.30. The SMILES string of the molecule is c1ccc(CCOc2ccc(Oc3ccccc3)cc2)cc1. The lowest BCUT2D eigenvalue weighted by molar-refractivity contribution is 0.321. The van der Waals surface area contributed by atoms with E-state index in [0.29, 0.717) is 6.61 Å². The second-order valence-electron chi connectivity index (χ2n) is 4.97. The van der Waals surface area contributed by atoms with Gasteiger partial charge in [0.05, 0.1) is 6.61 Å². The minimum Gasteiger partial charge on any atom is -0.493 e. The molecule has 0 spiro atoms. The Morgan fingerprint density at radius 3 is 1.77 bits per heavy atom. The van der Waals surface area contributed by atoms with E-state index in [1.165, 1.54) is 5.56 Å². The fraction of sp³-hybridized carbons (Fsp3) is 0.100. The Hall–Kier alpha value is -2.74. The standard InChI is InChI=1S/C20H18O2/c1-3-7-17(8-4-1)15-16-21-18-11-13-20(14-12-18)22-19-9-5-2-6-10-19/h1-14H,15-16H2. The lowest BCUT2D eigenvalue weighted by Gasteiger charge is -2.08. The van der Waals surface area contributed by atoms with E-state index in [9.17, 15) is 0 Å². The summed E-state index contributed by atoms with van der Waals surface area (Å²) in [5, 5.41) is 0. The molecular formula is C20H18O2. The normalized spacial score (nSPS) is 10.2. The van der Waals surface area contributed by atoms with Gasteiger partial charge in [0.2, 0.25) is 0 Å². The Kier molecular flexibility index (Phi) is 4.73. The quantitative estimate of drug-likeness (QED) is 0.628. The molecule has 0 amide bonds. The Labute approximate surface area is 131 Å². The molecule has 0 fully saturated rings. The molecule has 2 heteroatoms. The molecule has 2 nitrogen and oxygen atoms in total. The second-order valence-corrected chi connectivity index (χ2v) is 4.97. The van der Waals surface area contributed by atoms with Gasteiger partial charge in [-0.15, -0.1) is 0 Å². The highest BCUT2D eigenvalue weighted by Crippen LogP contribution is 2.23. The molecule has 0 atom stereocenters. The van der Waals surface area contributed by atoms with E-state index in [1.54, 1.807) is 0 Å². The van der Waals surface area contributed by atoms with Crippen molar-refractivity contribution in [3.63, 3.8) is 0 Å². The zero-order valence-corrected chi connectivity index (χ0v) is 12.3. The van der Waals surface area contributed by atoms with Crippen molar-refractivity contribution in [2.75, 3.05) is 6.61 Å². The van der Waals surface area contributed by atoms with Crippen molar-refractivity contribution in [3.8, 4) is 17.2 Å². The molecule has 0 aliphatic rings. The molecule has 0 radical (unpaired) electrons. The van der Waals surface area contributed by atoms with Gasteiger partial charge >= 0.3 is 0 Å². The van der Waals surface area contributed by atoms with Crippen LogP contribution >= 0.6 is 0 Å². The lowest BCUT2D eigenvalue weighted by atomic mass is 10.2. The van der Waals surface area contributed by atoms with E-state index in [4.69, 9.17) is 9.47 Å². The fourth-order valence-electron chi connectivity index (χ4n) is 2.16. The largest absolute Gasteiger partial charge is 0.493 e. The maximum Gasteiger partial charge on any atom is 0.127 e. The molecule has 0 N–H and O–H groups in total. The maximum atomic E-state index is 5.76. The molecule has 110 valence electrons. The summed E-state index contributed by atoms with van der Waals surface area (Å²) in [4.78, 5) is 0. The van der Waals surface area contributed by atoms with Crippen LogP contribution in [0.4, 0.5) is 0 Å². The fourth-order valence-corrected chi connectivity index (χ4v) is 2.16. The van der Waals surface area contributed by atoms with E-state index < -0.39 is 0 Å². The third kappa shape index (κ3) is 4.13. The van der Waals surface area contributed by atoms with Crippen LogP contribution in [0.1, 0.15) is 5.56 Å². The van der Waals surface area contributed by atoms with Crippen molar-refractivity contribution in [2.45, 2.75) is 6.42 Å². The Bertz CT molecular complexity index is 676. The summed E-state index contributed by atoms with van der Waals surface area (Å²) in [6, 6.07) is 27.8. The molecule has 0 aliphatic heterocycles. The molecule has 3 aromatic carbocycles. The van der Waals surface area contributed by atoms with Crippen LogP contribution in [0.2, 0.25) is 0 Å². The second kappa shape index (κ2) is 7.32. The number of rotatable bonds is 6. The van der Waals surface area contributed by atoms with Crippen LogP contribution in [0, 0.1) is 0 Å². The van der Waals surface area contributed by atoms with Gasteiger partial charge in [-0.05, 0) is 42.0 Å². The molecule has 0 bridgehead atoms. The van der Waals surface area contributed by atoms with Gasteiger partial charge in [0.25, 0.3) is 0 Å². The summed E-state index contributed by atoms with van der Waals surface area (Å²) < 4.78 is 11.5. The van der Waals surface area contributed by atoms with Crippen LogP contribution in [0.5, 0.6) is 17.2 Å². The summed E-state index contributed by atoms with van der Waals surface area (Å²) >= 11 is 0. The van der Waals surface area contributed by atoms with Gasteiger partial charge in [-0.1, -0.05) is 48.5 Å². The maximum absolute atomic E-state index is 5.76. The van der Waals surface area contributed by atoms with Crippen LogP contribution < -0.4 is 9.47 Å². The summed E-state index contributed by atoms with van der Waals surface area (Å²) in [5.41, 5.74) is 1.28. The van der Waals surface area contributed by atoms with Crippen LogP contribution in [0.25, 0.3) is 0 Å². The highest BCUT2D eigenvalue weighted by molar-refractivity contribution is 5.35. The zero-order chi connectivity index (χ0) is 15.0. The molecule has 0 aromatic heterocycles. The first-order chi connectivity index (χ1) is 10.9. The average Bonchev–Trinajstić information content (AvgIpc) is 2.58. The molecule has 0 saturated heterocycles. The predicted molar refractivity (Wildman–Crippen MR) is 88.6 cm³/mol. The van der Waals surface area contributed by atoms with Gasteiger partial charge in [-0.25, -0.2) is 0 Å². The molecular weight excluding hydrogens is 272 g/mol. The van der Waals surface area contributed by atoms with E-state index in [2.05, 4.69) is 12.1 Å². The number of para-hydroxylation sites is 1. The molecule has 3 aromatic rings. The van der Waals surface area contributed by atoms with Crippen molar-refractivity contribution in [1.29, 1.82) is 0 Å². The van der Waals surface area contributed by atoms with E-state index in [-0.39, 0.29) is 0 Å². The number of benzene rings is 3. The number of ether oxygens (including phenoxy) is 2. The van der Waals surface area contributed by atoms with Gasteiger partial charge in [0.1, 0.15) is 17.2 Å². The summed E-state index contributed by atoms with van der Waals surface area (Å²) in [7, 11) is 0. The van der Waals surface area contributed by atoms with Crippen LogP contribution in [-0.2, 0) is 6.42 Å². The first kappa shape index (κ1) is 14.2. The first-order valence-electron chi connectivity index (χ1n) is 7.40. The van der Waals surface area contributed by atoms with Crippen LogP contribution in [-0.4, -0.2) is 6.61 Å². The monoisotopic (exact) mass is 290 g/mol. The van der Waals surface area contributed by atoms with Crippen LogP contribution in [0.3, 0.4) is 0 Å². The zero-order valence-electron chi connectivity index (χ0n) is 12.3. The number of hydrogen-bond donors (Lipinski definition) is 0. The molecule has 0 saturated carbocycles. The van der Waals surface area contributed by atoms with E-state index in [0.717, 1.165) is 23.7 Å². The third-order valence-electron chi connectivity index (χ3n) is 3.30. The van der Waals surface area contributed by atoms with E-state index in [1.807, 2.05) is 72.8 Å². The summed E-state index contributed by atoms with van der Waals surface area (Å²) in [6.07, 6.45) is 0.906. The minimum absolute atomic E-state index is 0.670. The smallest absolute Gasteiger partial charge is 0.127 e. The number of hydrogen-bond acceptors (Lipinski definition) is 2. The molecule has 0 unspecified atom stereocenters. The van der Waals surface area contributed by atoms with Gasteiger partial charge in [-0.3, -0.25) is 0 Å².